The average molecular weight is 176 g/mol. The van der Waals surface area contributed by atoms with Crippen LogP contribution in [0.25, 0.3) is 10.1 Å². The molecule has 0 radical (unpaired) electrons. The van der Waals surface area contributed by atoms with Crippen LogP contribution in [0, 0.1) is 0 Å². The van der Waals surface area contributed by atoms with Crippen molar-refractivity contribution in [2.75, 3.05) is 11.9 Å². The quantitative estimate of drug-likeness (QED) is 0.666. The van der Waals surface area contributed by atoms with E-state index in [1.165, 1.54) is 15.6 Å². The van der Waals surface area contributed by atoms with Crippen LogP contribution in [0.15, 0.2) is 17.6 Å². The summed E-state index contributed by atoms with van der Waals surface area (Å²) in [5.74, 6) is 1.09. The largest absolute Gasteiger partial charge is 0.369 e. The van der Waals surface area contributed by atoms with Crippen LogP contribution in [0.3, 0.4) is 0 Å². The number of nitrogens with one attached hydrogen (secondary N) is 1. The average Bonchev–Trinajstić information content (AvgIpc) is 2.71. The Morgan fingerprint density at radius 1 is 1.50 bits per heavy atom. The highest BCUT2D eigenvalue weighted by Crippen LogP contribution is 2.31. The lowest BCUT2D eigenvalue weighted by Gasteiger charge is -1.97. The maximum absolute atomic E-state index is 4.36. The van der Waals surface area contributed by atoms with Crippen LogP contribution in [0.4, 0.5) is 5.82 Å². The molecule has 0 aliphatic carbocycles. The van der Waals surface area contributed by atoms with Crippen LogP contribution >= 0.6 is 11.3 Å². The first kappa shape index (κ1) is 6.43. The molecule has 0 saturated heterocycles. The van der Waals surface area contributed by atoms with E-state index >= 15 is 0 Å². The summed E-state index contributed by atoms with van der Waals surface area (Å²) in [6, 6.07) is 2.13. The first-order chi connectivity index (χ1) is 5.95. The molecule has 1 aliphatic heterocycles. The van der Waals surface area contributed by atoms with Crippen molar-refractivity contribution < 1.29 is 0 Å². The number of hydrogen-bond donors (Lipinski definition) is 1. The third kappa shape index (κ3) is 0.716. The van der Waals surface area contributed by atoms with E-state index in [0.717, 1.165) is 18.8 Å². The molecule has 0 unspecified atom stereocenters. The van der Waals surface area contributed by atoms with Crippen LogP contribution in [-0.4, -0.2) is 11.5 Å². The maximum Gasteiger partial charge on any atom is 0.130 e. The van der Waals surface area contributed by atoms with E-state index in [-0.39, 0.29) is 0 Å². The zero-order valence-electron chi connectivity index (χ0n) is 6.50. The lowest BCUT2D eigenvalue weighted by atomic mass is 10.2. The van der Waals surface area contributed by atoms with Gasteiger partial charge >= 0.3 is 0 Å². The van der Waals surface area contributed by atoms with Gasteiger partial charge in [0.1, 0.15) is 5.82 Å². The van der Waals surface area contributed by atoms with Gasteiger partial charge in [0.2, 0.25) is 0 Å². The molecule has 3 rings (SSSR count). The Labute approximate surface area is 74.2 Å². The van der Waals surface area contributed by atoms with Gasteiger partial charge in [-0.25, -0.2) is 4.98 Å². The highest BCUT2D eigenvalue weighted by atomic mass is 32.1. The maximum atomic E-state index is 4.36. The number of pyridine rings is 1. The van der Waals surface area contributed by atoms with Crippen molar-refractivity contribution in [3.05, 3.63) is 23.2 Å². The van der Waals surface area contributed by atoms with E-state index in [1.54, 1.807) is 0 Å². The van der Waals surface area contributed by atoms with Gasteiger partial charge in [-0.2, -0.15) is 0 Å². The van der Waals surface area contributed by atoms with Crippen molar-refractivity contribution in [3.8, 4) is 0 Å². The molecule has 2 aromatic heterocycles. The second kappa shape index (κ2) is 2.20. The van der Waals surface area contributed by atoms with E-state index < -0.39 is 0 Å². The summed E-state index contributed by atoms with van der Waals surface area (Å²) in [7, 11) is 0. The number of thiophene rings is 1. The lowest BCUT2D eigenvalue weighted by Crippen LogP contribution is -1.92. The zero-order valence-corrected chi connectivity index (χ0v) is 7.32. The molecule has 3 heteroatoms. The van der Waals surface area contributed by atoms with Gasteiger partial charge in [0.25, 0.3) is 0 Å². The Bertz CT molecular complexity index is 433. The normalized spacial score (nSPS) is 14.7. The summed E-state index contributed by atoms with van der Waals surface area (Å²) in [6.45, 7) is 1.04. The number of rotatable bonds is 0. The molecule has 0 spiro atoms. The standard InChI is InChI=1S/C9H8N2S/c1-3-10-9-7(1)8-6(5-11-9)2-4-12-8/h2,4-5H,1,3H2,(H,10,11). The predicted octanol–water partition coefficient (Wildman–Crippen LogP) is 2.26. The fourth-order valence-electron chi connectivity index (χ4n) is 1.68. The van der Waals surface area contributed by atoms with Crippen LogP contribution < -0.4 is 5.32 Å². The Morgan fingerprint density at radius 3 is 3.50 bits per heavy atom. The summed E-state index contributed by atoms with van der Waals surface area (Å²) in [5.41, 5.74) is 1.41. The van der Waals surface area contributed by atoms with Gasteiger partial charge < -0.3 is 5.32 Å². The highest BCUT2D eigenvalue weighted by Gasteiger charge is 2.14. The molecule has 0 fully saturated rings. The molecule has 0 saturated carbocycles. The Hall–Kier alpha value is -1.09. The minimum absolute atomic E-state index is 1.04. The van der Waals surface area contributed by atoms with Gasteiger partial charge in [0, 0.05) is 28.4 Å². The molecule has 0 aromatic carbocycles. The number of hydrogen-bond acceptors (Lipinski definition) is 3. The Kier molecular flexibility index (Phi) is 1.18. The predicted molar refractivity (Wildman–Crippen MR) is 51.8 cm³/mol. The third-order valence-corrected chi connectivity index (χ3v) is 3.25. The van der Waals surface area contributed by atoms with Crippen LogP contribution in [0.5, 0.6) is 0 Å². The van der Waals surface area contributed by atoms with Gasteiger partial charge in [-0.3, -0.25) is 0 Å². The van der Waals surface area contributed by atoms with Gasteiger partial charge in [-0.05, 0) is 17.9 Å². The summed E-state index contributed by atoms with van der Waals surface area (Å²) in [5, 5.41) is 6.69. The second-order valence-corrected chi connectivity index (χ2v) is 3.88. The Morgan fingerprint density at radius 2 is 2.50 bits per heavy atom. The molecule has 0 bridgehead atoms. The first-order valence-electron chi connectivity index (χ1n) is 4.04. The molecule has 2 aromatic rings. The van der Waals surface area contributed by atoms with Gasteiger partial charge in [-0.15, -0.1) is 11.3 Å². The fraction of sp³-hybridized carbons (Fsp3) is 0.222. The number of fused-ring (bicyclic) bond motifs is 3. The molecule has 1 aliphatic rings. The van der Waals surface area contributed by atoms with E-state index in [4.69, 9.17) is 0 Å². The van der Waals surface area contributed by atoms with Gasteiger partial charge in [0.15, 0.2) is 0 Å². The minimum atomic E-state index is 1.04. The molecule has 3 heterocycles. The molecule has 0 atom stereocenters. The van der Waals surface area contributed by atoms with Crippen LogP contribution in [-0.2, 0) is 6.42 Å². The highest BCUT2D eigenvalue weighted by molar-refractivity contribution is 7.17. The lowest BCUT2D eigenvalue weighted by molar-refractivity contribution is 1.12. The van der Waals surface area contributed by atoms with Crippen molar-refractivity contribution in [3.63, 3.8) is 0 Å². The van der Waals surface area contributed by atoms with E-state index in [9.17, 15) is 0 Å². The molecular formula is C9H8N2S. The SMILES string of the molecule is c1cc2cnc3c(c2s1)CCN3. The number of nitrogens with zero attached hydrogens (tertiary/aromatic N) is 1. The zero-order chi connectivity index (χ0) is 7.97. The third-order valence-electron chi connectivity index (χ3n) is 2.26. The van der Waals surface area contributed by atoms with Crippen molar-refractivity contribution in [2.45, 2.75) is 6.42 Å². The molecular weight excluding hydrogens is 168 g/mol. The summed E-state index contributed by atoms with van der Waals surface area (Å²) >= 11 is 1.81. The number of anilines is 1. The summed E-state index contributed by atoms with van der Waals surface area (Å²) in [4.78, 5) is 4.36. The summed E-state index contributed by atoms with van der Waals surface area (Å²) in [6.07, 6.45) is 3.07. The molecule has 2 nitrogen and oxygen atoms in total. The topological polar surface area (TPSA) is 24.9 Å². The number of aromatic nitrogens is 1. The smallest absolute Gasteiger partial charge is 0.130 e. The second-order valence-electron chi connectivity index (χ2n) is 2.97. The van der Waals surface area contributed by atoms with Gasteiger partial charge in [0.05, 0.1) is 0 Å². The Balaban J connectivity index is 2.46. The van der Waals surface area contributed by atoms with Crippen molar-refractivity contribution >= 4 is 27.2 Å². The minimum Gasteiger partial charge on any atom is -0.369 e. The van der Waals surface area contributed by atoms with Crippen molar-refractivity contribution in [2.24, 2.45) is 0 Å². The molecule has 60 valence electrons. The molecule has 12 heavy (non-hydrogen) atoms. The molecule has 1 N–H and O–H groups in total. The van der Waals surface area contributed by atoms with E-state index in [1.807, 2.05) is 17.5 Å². The van der Waals surface area contributed by atoms with Crippen molar-refractivity contribution in [1.82, 2.24) is 4.98 Å². The van der Waals surface area contributed by atoms with Crippen LogP contribution in [0.2, 0.25) is 0 Å². The van der Waals surface area contributed by atoms with Crippen molar-refractivity contribution in [1.29, 1.82) is 0 Å². The fourth-order valence-corrected chi connectivity index (χ4v) is 2.62. The van der Waals surface area contributed by atoms with Gasteiger partial charge in [-0.1, -0.05) is 0 Å². The first-order valence-corrected chi connectivity index (χ1v) is 4.92. The molecule has 0 amide bonds. The monoisotopic (exact) mass is 176 g/mol. The van der Waals surface area contributed by atoms with E-state index in [0.29, 0.717) is 0 Å². The van der Waals surface area contributed by atoms with E-state index in [2.05, 4.69) is 21.7 Å². The van der Waals surface area contributed by atoms with Crippen LogP contribution in [0.1, 0.15) is 5.56 Å². The summed E-state index contributed by atoms with van der Waals surface area (Å²) < 4.78 is 1.41.